The summed E-state index contributed by atoms with van der Waals surface area (Å²) in [4.78, 5) is 13.3. The van der Waals surface area contributed by atoms with Gasteiger partial charge in [0, 0.05) is 17.0 Å². The van der Waals surface area contributed by atoms with Crippen LogP contribution in [0.15, 0.2) is 71.6 Å². The number of carbonyl (C=O) groups excluding carboxylic acids is 1. The van der Waals surface area contributed by atoms with E-state index in [1.807, 2.05) is 0 Å². The van der Waals surface area contributed by atoms with Gasteiger partial charge in [-0.1, -0.05) is 72.6 Å². The lowest BCUT2D eigenvalue weighted by molar-refractivity contribution is -0.115. The van der Waals surface area contributed by atoms with Gasteiger partial charge in [0.1, 0.15) is 0 Å². The fourth-order valence-corrected chi connectivity index (χ4v) is 7.48. The zero-order chi connectivity index (χ0) is 25.4. The monoisotopic (exact) mass is 551 g/mol. The van der Waals surface area contributed by atoms with E-state index in [4.69, 9.17) is 23.2 Å². The molecule has 1 N–H and O–H groups in total. The predicted octanol–water partition coefficient (Wildman–Crippen LogP) is 5.71. The first kappa shape index (κ1) is 25.7. The summed E-state index contributed by atoms with van der Waals surface area (Å²) < 4.78 is 50.3. The fourth-order valence-electron chi connectivity index (χ4n) is 3.83. The molecule has 0 radical (unpaired) electrons. The number of amides is 1. The molecular weight excluding hydrogens is 529 g/mol. The molecule has 0 spiro atoms. The summed E-state index contributed by atoms with van der Waals surface area (Å²) in [6.45, 7) is 1.49. The van der Waals surface area contributed by atoms with Gasteiger partial charge in [-0.2, -0.15) is 0 Å². The Hall–Kier alpha value is -2.39. The second-order valence-corrected chi connectivity index (χ2v) is 13.7. The molecule has 6 nitrogen and oxygen atoms in total. The average molecular weight is 553 g/mol. The zero-order valence-electron chi connectivity index (χ0n) is 18.7. The van der Waals surface area contributed by atoms with Crippen LogP contribution in [-0.2, 0) is 24.5 Å². The number of carbonyl (C=O) groups is 1. The second-order valence-electron chi connectivity index (χ2n) is 8.32. The SMILES string of the molecule is CCS(=O)(=O)C(C(=O)Nc1cc(Cl)c(-c2ccc(S(=O)(=O)C3CC3)cc2)c(Cl)c1)c1ccccc1. The minimum atomic E-state index is -3.75. The summed E-state index contributed by atoms with van der Waals surface area (Å²) in [5, 5.41) is 1.38. The highest BCUT2D eigenvalue weighted by Gasteiger charge is 2.37. The molecule has 0 heterocycles. The number of anilines is 1. The van der Waals surface area contributed by atoms with Crippen LogP contribution in [0.2, 0.25) is 10.0 Å². The first-order valence-corrected chi connectivity index (χ1v) is 15.0. The van der Waals surface area contributed by atoms with Crippen LogP contribution < -0.4 is 5.32 Å². The minimum absolute atomic E-state index is 0.201. The highest BCUT2D eigenvalue weighted by atomic mass is 35.5. The molecule has 4 rings (SSSR count). The number of hydrogen-bond donors (Lipinski definition) is 1. The molecule has 0 aromatic heterocycles. The van der Waals surface area contributed by atoms with Gasteiger partial charge in [-0.15, -0.1) is 0 Å². The first-order valence-electron chi connectivity index (χ1n) is 11.0. The molecule has 1 fully saturated rings. The van der Waals surface area contributed by atoms with Gasteiger partial charge in [-0.3, -0.25) is 4.79 Å². The molecule has 10 heteroatoms. The number of halogens is 2. The maximum atomic E-state index is 13.1. The zero-order valence-corrected chi connectivity index (χ0v) is 21.9. The van der Waals surface area contributed by atoms with Crippen molar-refractivity contribution in [1.82, 2.24) is 0 Å². The Bertz CT molecular complexity index is 1440. The molecule has 1 aliphatic carbocycles. The summed E-state index contributed by atoms with van der Waals surface area (Å²) in [6, 6.07) is 17.6. The molecule has 0 saturated heterocycles. The molecule has 0 bridgehead atoms. The lowest BCUT2D eigenvalue weighted by Gasteiger charge is -2.18. The number of hydrogen-bond acceptors (Lipinski definition) is 5. The van der Waals surface area contributed by atoms with E-state index in [2.05, 4.69) is 5.32 Å². The summed E-state index contributed by atoms with van der Waals surface area (Å²) >= 11 is 13.0. The van der Waals surface area contributed by atoms with Crippen molar-refractivity contribution in [2.24, 2.45) is 0 Å². The van der Waals surface area contributed by atoms with Crippen LogP contribution in [0, 0.1) is 0 Å². The highest BCUT2D eigenvalue weighted by molar-refractivity contribution is 7.92. The molecule has 184 valence electrons. The summed E-state index contributed by atoms with van der Waals surface area (Å²) in [5.74, 6) is -0.917. The Labute approximate surface area is 215 Å². The van der Waals surface area contributed by atoms with E-state index in [9.17, 15) is 21.6 Å². The lowest BCUT2D eigenvalue weighted by Crippen LogP contribution is -2.29. The van der Waals surface area contributed by atoms with Crippen LogP contribution in [0.3, 0.4) is 0 Å². The van der Waals surface area contributed by atoms with E-state index in [1.54, 1.807) is 42.5 Å². The normalized spacial score (nSPS) is 14.9. The third-order valence-corrected chi connectivity index (χ3v) is 10.7. The number of nitrogens with one attached hydrogen (secondary N) is 1. The Morgan fingerprint density at radius 2 is 1.51 bits per heavy atom. The molecule has 3 aromatic rings. The predicted molar refractivity (Wildman–Crippen MR) is 139 cm³/mol. The molecule has 1 atom stereocenters. The lowest BCUT2D eigenvalue weighted by atomic mass is 10.0. The third-order valence-electron chi connectivity index (χ3n) is 5.85. The van der Waals surface area contributed by atoms with Gasteiger partial charge in [0.05, 0.1) is 20.2 Å². The Morgan fingerprint density at radius 1 is 0.943 bits per heavy atom. The number of rotatable bonds is 8. The van der Waals surface area contributed by atoms with Gasteiger partial charge in [-0.05, 0) is 48.2 Å². The van der Waals surface area contributed by atoms with Crippen molar-refractivity contribution in [2.45, 2.75) is 35.2 Å². The Morgan fingerprint density at radius 3 is 2.03 bits per heavy atom. The number of benzene rings is 3. The van der Waals surface area contributed by atoms with E-state index in [0.29, 0.717) is 29.5 Å². The average Bonchev–Trinajstić information content (AvgIpc) is 3.66. The molecule has 1 aliphatic rings. The van der Waals surface area contributed by atoms with Gasteiger partial charge in [0.15, 0.2) is 24.9 Å². The largest absolute Gasteiger partial charge is 0.325 e. The molecule has 1 amide bonds. The fraction of sp³-hybridized carbons (Fsp3) is 0.240. The van der Waals surface area contributed by atoms with Crippen LogP contribution in [0.4, 0.5) is 5.69 Å². The van der Waals surface area contributed by atoms with Crippen molar-refractivity contribution in [2.75, 3.05) is 11.1 Å². The van der Waals surface area contributed by atoms with Crippen molar-refractivity contribution in [3.8, 4) is 11.1 Å². The van der Waals surface area contributed by atoms with Crippen LogP contribution in [0.25, 0.3) is 11.1 Å². The van der Waals surface area contributed by atoms with Gasteiger partial charge in [-0.25, -0.2) is 16.8 Å². The van der Waals surface area contributed by atoms with Gasteiger partial charge >= 0.3 is 0 Å². The maximum Gasteiger partial charge on any atom is 0.247 e. The van der Waals surface area contributed by atoms with Crippen LogP contribution in [0.1, 0.15) is 30.6 Å². The number of sulfone groups is 2. The van der Waals surface area contributed by atoms with Crippen molar-refractivity contribution in [3.63, 3.8) is 0 Å². The van der Waals surface area contributed by atoms with Gasteiger partial charge < -0.3 is 5.32 Å². The molecular formula is C25H23Cl2NO5S2. The Kier molecular flexibility index (Phi) is 7.29. The first-order chi connectivity index (χ1) is 16.5. The topological polar surface area (TPSA) is 97.4 Å². The van der Waals surface area contributed by atoms with E-state index in [1.165, 1.54) is 31.2 Å². The van der Waals surface area contributed by atoms with Crippen molar-refractivity contribution < 1.29 is 21.6 Å². The van der Waals surface area contributed by atoms with Crippen molar-refractivity contribution in [3.05, 3.63) is 82.3 Å². The third kappa shape index (κ3) is 5.40. The van der Waals surface area contributed by atoms with E-state index < -0.39 is 30.8 Å². The smallest absolute Gasteiger partial charge is 0.247 e. The molecule has 1 saturated carbocycles. The van der Waals surface area contributed by atoms with E-state index >= 15 is 0 Å². The molecule has 3 aromatic carbocycles. The van der Waals surface area contributed by atoms with Crippen molar-refractivity contribution >= 4 is 54.5 Å². The van der Waals surface area contributed by atoms with E-state index in [-0.39, 0.29) is 31.6 Å². The van der Waals surface area contributed by atoms with E-state index in [0.717, 1.165) is 0 Å². The molecule has 0 aliphatic heterocycles. The quantitative estimate of drug-likeness (QED) is 0.386. The maximum absolute atomic E-state index is 13.1. The van der Waals surface area contributed by atoms with Gasteiger partial charge in [0.2, 0.25) is 5.91 Å². The molecule has 1 unspecified atom stereocenters. The Balaban J connectivity index is 1.62. The van der Waals surface area contributed by atoms with Crippen molar-refractivity contribution in [1.29, 1.82) is 0 Å². The summed E-state index contributed by atoms with van der Waals surface area (Å²) in [5.41, 5.74) is 1.70. The summed E-state index contributed by atoms with van der Waals surface area (Å²) in [6.07, 6.45) is 1.36. The van der Waals surface area contributed by atoms with Crippen LogP contribution >= 0.6 is 23.2 Å². The van der Waals surface area contributed by atoms with Gasteiger partial charge in [0.25, 0.3) is 0 Å². The second kappa shape index (κ2) is 9.93. The van der Waals surface area contributed by atoms with Crippen LogP contribution in [0.5, 0.6) is 0 Å². The standard InChI is InChI=1S/C25H23Cl2NO5S2/c1-2-34(30,31)24(17-6-4-3-5-7-17)25(29)28-18-14-21(26)23(22(27)15-18)16-8-10-19(11-9-16)35(32,33)20-12-13-20/h3-11,14-15,20,24H,2,12-13H2,1H3,(H,28,29). The highest BCUT2D eigenvalue weighted by Crippen LogP contribution is 2.39. The van der Waals surface area contributed by atoms with Crippen LogP contribution in [-0.4, -0.2) is 33.7 Å². The molecule has 35 heavy (non-hydrogen) atoms. The summed E-state index contributed by atoms with van der Waals surface area (Å²) in [7, 11) is -7.06. The minimum Gasteiger partial charge on any atom is -0.325 e.